The second-order valence-electron chi connectivity index (χ2n) is 12.8. The summed E-state index contributed by atoms with van der Waals surface area (Å²) in [5.41, 5.74) is 9.81. The Morgan fingerprint density at radius 3 is 2.38 bits per heavy atom. The molecule has 0 bridgehead atoms. The van der Waals surface area contributed by atoms with Gasteiger partial charge in [-0.1, -0.05) is 82.1 Å². The first-order valence-electron chi connectivity index (χ1n) is 16.6. The van der Waals surface area contributed by atoms with Crippen LogP contribution in [0.4, 0.5) is 0 Å². The van der Waals surface area contributed by atoms with Crippen LogP contribution in [0, 0.1) is 31.9 Å². The van der Waals surface area contributed by atoms with Crippen molar-refractivity contribution in [1.82, 2.24) is 19.3 Å². The number of fused-ring (bicyclic) bond motifs is 3. The summed E-state index contributed by atoms with van der Waals surface area (Å²) in [6, 6.07) is 38.7. The molecule has 1 unspecified atom stereocenters. The second-order valence-corrected chi connectivity index (χ2v) is 12.8. The van der Waals surface area contributed by atoms with E-state index in [0.29, 0.717) is 23.3 Å². The molecule has 0 saturated carbocycles. The second kappa shape index (κ2) is 13.9. The molecule has 0 spiro atoms. The van der Waals surface area contributed by atoms with Gasteiger partial charge < -0.3 is 9.30 Å². The topological polar surface area (TPSA) is 44.9 Å². The Hall–Kier alpha value is -4.47. The Morgan fingerprint density at radius 2 is 1.60 bits per heavy atom. The first kappa shape index (κ1) is 33.4. The minimum absolute atomic E-state index is 0. The summed E-state index contributed by atoms with van der Waals surface area (Å²) in [6.07, 6.45) is 4.00. The van der Waals surface area contributed by atoms with E-state index >= 15 is 0 Å². The van der Waals surface area contributed by atoms with Crippen LogP contribution in [0.1, 0.15) is 62.5 Å². The Kier molecular flexibility index (Phi) is 9.71. The Morgan fingerprint density at radius 1 is 0.812 bits per heavy atom. The van der Waals surface area contributed by atoms with E-state index in [1.165, 1.54) is 16.5 Å². The first-order valence-corrected chi connectivity index (χ1v) is 16.6. The van der Waals surface area contributed by atoms with Crippen LogP contribution in [0.15, 0.2) is 97.2 Å². The van der Waals surface area contributed by atoms with Gasteiger partial charge in [0.25, 0.3) is 0 Å². The fourth-order valence-corrected chi connectivity index (χ4v) is 6.57. The Bertz CT molecular complexity index is 2210. The van der Waals surface area contributed by atoms with Crippen LogP contribution in [0.2, 0.25) is 0 Å². The maximum absolute atomic E-state index is 6.47. The fraction of sp³-hybridized carbons (Fsp3) is 0.238. The van der Waals surface area contributed by atoms with Crippen LogP contribution in [0.3, 0.4) is 0 Å². The molecule has 5 nitrogen and oxygen atoms in total. The van der Waals surface area contributed by atoms with Crippen LogP contribution in [-0.4, -0.2) is 19.3 Å². The quantitative estimate of drug-likeness (QED) is 0.136. The molecular formula is C42H40N4OPt. The molecule has 3 heterocycles. The molecule has 48 heavy (non-hydrogen) atoms. The van der Waals surface area contributed by atoms with Crippen LogP contribution in [-0.2, 0) is 27.5 Å². The zero-order valence-corrected chi connectivity index (χ0v) is 30.6. The summed E-state index contributed by atoms with van der Waals surface area (Å²) < 4.78 is 10.6. The van der Waals surface area contributed by atoms with Crippen LogP contribution in [0.25, 0.3) is 44.4 Å². The molecule has 7 rings (SSSR count). The van der Waals surface area contributed by atoms with Gasteiger partial charge in [0.1, 0.15) is 5.82 Å². The Labute approximate surface area is 297 Å². The summed E-state index contributed by atoms with van der Waals surface area (Å²) >= 11 is 0. The number of benzene rings is 4. The van der Waals surface area contributed by atoms with Gasteiger partial charge in [-0.05, 0) is 78.1 Å². The van der Waals surface area contributed by atoms with Crippen molar-refractivity contribution < 1.29 is 25.8 Å². The molecular weight excluding hydrogens is 772 g/mol. The molecule has 0 fully saturated rings. The van der Waals surface area contributed by atoms with Crippen molar-refractivity contribution in [1.29, 1.82) is 0 Å². The molecule has 0 amide bonds. The standard InChI is InChI=1S/C42H40N4O.Pt/c1-7-12-31-21-22-43-41(23-31)45-39-20-17-33(28(4)27(2)3)24-38(39)37-19-18-36(26-40(37)45)47-35-16-11-15-34(25-35)46-30(6)42(29(5)44-46)32-13-9-8-10-14-32;/h8-11,13-24,27-28H,7,12H2,1-6H3;/q-2;+2. The van der Waals surface area contributed by atoms with Crippen molar-refractivity contribution >= 4 is 21.8 Å². The minimum atomic E-state index is 0. The van der Waals surface area contributed by atoms with Gasteiger partial charge in [-0.2, -0.15) is 17.2 Å². The smallest absolute Gasteiger partial charge is 0.509 e. The summed E-state index contributed by atoms with van der Waals surface area (Å²) in [5.74, 6) is 3.11. The third-order valence-corrected chi connectivity index (χ3v) is 9.33. The van der Waals surface area contributed by atoms with E-state index in [9.17, 15) is 0 Å². The summed E-state index contributed by atoms with van der Waals surface area (Å²) in [5, 5.41) is 7.20. The minimum Gasteiger partial charge on any atom is -0.509 e. The fourth-order valence-electron chi connectivity index (χ4n) is 6.57. The van der Waals surface area contributed by atoms with E-state index in [1.54, 1.807) is 0 Å². The molecule has 0 N–H and O–H groups in total. The number of hydrogen-bond donors (Lipinski definition) is 0. The van der Waals surface area contributed by atoms with Crippen LogP contribution < -0.4 is 4.74 Å². The predicted octanol–water partition coefficient (Wildman–Crippen LogP) is 10.8. The van der Waals surface area contributed by atoms with E-state index in [4.69, 9.17) is 14.8 Å². The van der Waals surface area contributed by atoms with E-state index in [0.717, 1.165) is 63.3 Å². The Balaban J connectivity index is 0.00000401. The van der Waals surface area contributed by atoms with Crippen molar-refractivity contribution in [2.24, 2.45) is 5.92 Å². The molecule has 0 aliphatic rings. The SMILES string of the molecule is CCCc1ccnc(-n2c3[c-]c(Oc4[c-]c(-n5nc(C)c(-c6ccccc6)c5C)ccc4)ccc3c3cc(C(C)C(C)C)ccc32)c1.[Pt+2]. The van der Waals surface area contributed by atoms with Crippen molar-refractivity contribution in [3.8, 4) is 34.1 Å². The number of aromatic nitrogens is 4. The third-order valence-electron chi connectivity index (χ3n) is 9.33. The zero-order chi connectivity index (χ0) is 32.7. The number of hydrogen-bond acceptors (Lipinski definition) is 3. The van der Waals surface area contributed by atoms with E-state index in [1.807, 2.05) is 41.2 Å². The van der Waals surface area contributed by atoms with Gasteiger partial charge in [-0.3, -0.25) is 4.68 Å². The first-order chi connectivity index (χ1) is 22.8. The molecule has 0 aliphatic heterocycles. The van der Waals surface area contributed by atoms with E-state index in [2.05, 4.69) is 119 Å². The summed E-state index contributed by atoms with van der Waals surface area (Å²) in [4.78, 5) is 4.83. The average molecular weight is 812 g/mol. The van der Waals surface area contributed by atoms with Gasteiger partial charge in [-0.25, -0.2) is 4.98 Å². The van der Waals surface area contributed by atoms with Crippen molar-refractivity contribution in [3.05, 3.63) is 132 Å². The number of ether oxygens (including phenoxy) is 1. The molecule has 4 aromatic carbocycles. The number of pyridine rings is 1. The third kappa shape index (κ3) is 6.24. The maximum atomic E-state index is 6.47. The number of aryl methyl sites for hydroxylation is 2. The summed E-state index contributed by atoms with van der Waals surface area (Å²) in [6.45, 7) is 13.2. The van der Waals surface area contributed by atoms with E-state index in [-0.39, 0.29) is 21.1 Å². The molecule has 0 radical (unpaired) electrons. The van der Waals surface area contributed by atoms with Crippen molar-refractivity contribution in [2.75, 3.05) is 0 Å². The van der Waals surface area contributed by atoms with Crippen molar-refractivity contribution in [3.63, 3.8) is 0 Å². The molecule has 0 saturated heterocycles. The molecule has 7 aromatic rings. The maximum Gasteiger partial charge on any atom is 2.00 e. The monoisotopic (exact) mass is 811 g/mol. The number of rotatable bonds is 9. The normalized spacial score (nSPS) is 12.1. The summed E-state index contributed by atoms with van der Waals surface area (Å²) in [7, 11) is 0. The van der Waals surface area contributed by atoms with E-state index < -0.39 is 0 Å². The number of nitrogens with zero attached hydrogens (tertiary/aromatic N) is 4. The average Bonchev–Trinajstić information content (AvgIpc) is 3.57. The molecule has 1 atom stereocenters. The van der Waals surface area contributed by atoms with Crippen LogP contribution >= 0.6 is 0 Å². The van der Waals surface area contributed by atoms with Gasteiger partial charge in [0.05, 0.1) is 5.69 Å². The molecule has 6 heteroatoms. The van der Waals surface area contributed by atoms with Crippen molar-refractivity contribution in [2.45, 2.75) is 60.3 Å². The molecule has 244 valence electrons. The molecule has 0 aliphatic carbocycles. The van der Waals surface area contributed by atoms with Gasteiger partial charge in [-0.15, -0.1) is 35.7 Å². The zero-order valence-electron chi connectivity index (χ0n) is 28.3. The van der Waals surface area contributed by atoms with Gasteiger partial charge in [0.2, 0.25) is 0 Å². The molecule has 3 aromatic heterocycles. The van der Waals surface area contributed by atoms with Crippen LogP contribution in [0.5, 0.6) is 11.5 Å². The largest absolute Gasteiger partial charge is 2.00 e. The van der Waals surface area contributed by atoms with Gasteiger partial charge >= 0.3 is 21.1 Å². The van der Waals surface area contributed by atoms with Gasteiger partial charge in [0.15, 0.2) is 0 Å². The van der Waals surface area contributed by atoms with Gasteiger partial charge in [0, 0.05) is 34.5 Å². The predicted molar refractivity (Wildman–Crippen MR) is 192 cm³/mol.